The Morgan fingerprint density at radius 3 is 2.46 bits per heavy atom. The monoisotopic (exact) mass is 398 g/mol. The fourth-order valence-electron chi connectivity index (χ4n) is 2.39. The SMILES string of the molecule is CC(C)C(C(=O)O)n1c(O)c(COCc2ccc(Br)cc2)[nH]c1=O. The summed E-state index contributed by atoms with van der Waals surface area (Å²) in [5, 5.41) is 19.5. The minimum atomic E-state index is -1.18. The van der Waals surface area contributed by atoms with Gasteiger partial charge in [-0.3, -0.25) is 0 Å². The van der Waals surface area contributed by atoms with Gasteiger partial charge in [0.2, 0.25) is 5.88 Å². The minimum Gasteiger partial charge on any atom is -0.493 e. The number of aromatic nitrogens is 2. The summed E-state index contributed by atoms with van der Waals surface area (Å²) >= 11 is 3.34. The number of halogens is 1. The van der Waals surface area contributed by atoms with E-state index in [1.54, 1.807) is 13.8 Å². The van der Waals surface area contributed by atoms with Gasteiger partial charge in [0, 0.05) is 4.47 Å². The van der Waals surface area contributed by atoms with Crippen LogP contribution >= 0.6 is 15.9 Å². The number of aromatic amines is 1. The number of hydrogen-bond acceptors (Lipinski definition) is 4. The molecule has 130 valence electrons. The van der Waals surface area contributed by atoms with Gasteiger partial charge in [0.15, 0.2) is 0 Å². The fourth-order valence-corrected chi connectivity index (χ4v) is 2.66. The van der Waals surface area contributed by atoms with Crippen LogP contribution in [0.2, 0.25) is 0 Å². The second-order valence-electron chi connectivity index (χ2n) is 5.75. The zero-order chi connectivity index (χ0) is 17.9. The van der Waals surface area contributed by atoms with Crippen LogP contribution in [0.1, 0.15) is 31.1 Å². The number of hydrogen-bond donors (Lipinski definition) is 3. The van der Waals surface area contributed by atoms with Crippen molar-refractivity contribution in [3.63, 3.8) is 0 Å². The van der Waals surface area contributed by atoms with Gasteiger partial charge in [-0.05, 0) is 23.6 Å². The molecule has 2 aromatic rings. The Bertz CT molecular complexity index is 764. The maximum Gasteiger partial charge on any atom is 0.329 e. The van der Waals surface area contributed by atoms with E-state index in [4.69, 9.17) is 4.74 Å². The number of imidazole rings is 1. The lowest BCUT2D eigenvalue weighted by molar-refractivity contribution is -0.142. The van der Waals surface area contributed by atoms with E-state index in [2.05, 4.69) is 20.9 Å². The van der Waals surface area contributed by atoms with Gasteiger partial charge in [-0.15, -0.1) is 0 Å². The zero-order valence-electron chi connectivity index (χ0n) is 13.3. The van der Waals surface area contributed by atoms with Gasteiger partial charge in [-0.1, -0.05) is 41.9 Å². The largest absolute Gasteiger partial charge is 0.493 e. The van der Waals surface area contributed by atoms with E-state index < -0.39 is 23.6 Å². The van der Waals surface area contributed by atoms with E-state index in [0.717, 1.165) is 14.6 Å². The van der Waals surface area contributed by atoms with Crippen LogP contribution < -0.4 is 5.69 Å². The summed E-state index contributed by atoms with van der Waals surface area (Å²) in [7, 11) is 0. The Morgan fingerprint density at radius 2 is 1.92 bits per heavy atom. The van der Waals surface area contributed by atoms with Gasteiger partial charge < -0.3 is 19.9 Å². The van der Waals surface area contributed by atoms with Crippen LogP contribution in [0.3, 0.4) is 0 Å². The molecule has 0 aliphatic carbocycles. The van der Waals surface area contributed by atoms with Crippen LogP contribution in [0.25, 0.3) is 0 Å². The summed E-state index contributed by atoms with van der Waals surface area (Å²) in [6.45, 7) is 3.60. The van der Waals surface area contributed by atoms with Gasteiger partial charge >= 0.3 is 11.7 Å². The number of carbonyl (C=O) groups is 1. The van der Waals surface area contributed by atoms with Crippen LogP contribution in [-0.2, 0) is 22.7 Å². The van der Waals surface area contributed by atoms with Crippen LogP contribution in [0.15, 0.2) is 33.5 Å². The predicted molar refractivity (Wildman–Crippen MR) is 90.9 cm³/mol. The molecule has 0 aliphatic rings. The maximum atomic E-state index is 12.0. The Kier molecular flexibility index (Phi) is 5.84. The summed E-state index contributed by atoms with van der Waals surface area (Å²) in [6, 6.07) is 6.39. The second-order valence-corrected chi connectivity index (χ2v) is 6.66. The highest BCUT2D eigenvalue weighted by atomic mass is 79.9. The number of H-pyrrole nitrogens is 1. The Hall–Kier alpha value is -2.06. The number of nitrogens with zero attached hydrogens (tertiary/aromatic N) is 1. The zero-order valence-corrected chi connectivity index (χ0v) is 14.9. The molecule has 1 atom stereocenters. The summed E-state index contributed by atoms with van der Waals surface area (Å²) in [5.41, 5.74) is 0.421. The topological polar surface area (TPSA) is 105 Å². The lowest BCUT2D eigenvalue weighted by atomic mass is 10.0. The number of nitrogens with one attached hydrogen (secondary N) is 1. The van der Waals surface area contributed by atoms with E-state index in [1.165, 1.54) is 0 Å². The third kappa shape index (κ3) is 4.07. The minimum absolute atomic E-state index is 0.0332. The highest BCUT2D eigenvalue weighted by molar-refractivity contribution is 9.10. The number of benzene rings is 1. The predicted octanol–water partition coefficient (Wildman–Crippen LogP) is 2.64. The van der Waals surface area contributed by atoms with E-state index in [9.17, 15) is 19.8 Å². The highest BCUT2D eigenvalue weighted by Gasteiger charge is 2.29. The van der Waals surface area contributed by atoms with Crippen molar-refractivity contribution in [2.45, 2.75) is 33.1 Å². The molecule has 2 rings (SSSR count). The average molecular weight is 399 g/mol. The van der Waals surface area contributed by atoms with Gasteiger partial charge in [0.1, 0.15) is 11.7 Å². The summed E-state index contributed by atoms with van der Waals surface area (Å²) < 4.78 is 7.30. The maximum absolute atomic E-state index is 12.0. The Labute approximate surface area is 147 Å². The van der Waals surface area contributed by atoms with Crippen molar-refractivity contribution in [2.75, 3.05) is 0 Å². The number of carboxylic acid groups (broad SMARTS) is 1. The van der Waals surface area contributed by atoms with Crippen LogP contribution in [0.5, 0.6) is 5.88 Å². The molecule has 0 spiro atoms. The number of rotatable bonds is 7. The molecule has 0 amide bonds. The van der Waals surface area contributed by atoms with E-state index >= 15 is 0 Å². The molecule has 0 aliphatic heterocycles. The third-order valence-corrected chi connectivity index (χ3v) is 4.09. The Morgan fingerprint density at radius 1 is 1.29 bits per heavy atom. The number of aliphatic carboxylic acids is 1. The van der Waals surface area contributed by atoms with Gasteiger partial charge in [0.05, 0.1) is 13.2 Å². The normalized spacial score (nSPS) is 12.5. The molecule has 7 nitrogen and oxygen atoms in total. The smallest absolute Gasteiger partial charge is 0.329 e. The fraction of sp³-hybridized carbons (Fsp3) is 0.375. The van der Waals surface area contributed by atoms with E-state index in [0.29, 0.717) is 6.61 Å². The molecule has 24 heavy (non-hydrogen) atoms. The molecule has 1 unspecified atom stereocenters. The van der Waals surface area contributed by atoms with Crippen molar-refractivity contribution in [1.29, 1.82) is 0 Å². The summed E-state index contributed by atoms with van der Waals surface area (Å²) in [5.74, 6) is -1.95. The molecule has 0 saturated heterocycles. The number of carboxylic acids is 1. The first-order valence-corrected chi connectivity index (χ1v) is 8.18. The molecular formula is C16H19BrN2O5. The molecule has 0 radical (unpaired) electrons. The van der Waals surface area contributed by atoms with Crippen LogP contribution in [0.4, 0.5) is 0 Å². The Balaban J connectivity index is 2.12. The van der Waals surface area contributed by atoms with Gasteiger partial charge in [-0.2, -0.15) is 0 Å². The molecule has 8 heteroatoms. The van der Waals surface area contributed by atoms with E-state index in [-0.39, 0.29) is 18.2 Å². The molecular weight excluding hydrogens is 380 g/mol. The van der Waals surface area contributed by atoms with Crippen LogP contribution in [-0.4, -0.2) is 25.7 Å². The van der Waals surface area contributed by atoms with E-state index in [1.807, 2.05) is 24.3 Å². The van der Waals surface area contributed by atoms with Crippen molar-refractivity contribution in [1.82, 2.24) is 9.55 Å². The lowest BCUT2D eigenvalue weighted by Crippen LogP contribution is -2.31. The first-order chi connectivity index (χ1) is 11.3. The van der Waals surface area contributed by atoms with Crippen molar-refractivity contribution in [3.8, 4) is 5.88 Å². The number of aromatic hydroxyl groups is 1. The van der Waals surface area contributed by atoms with Crippen molar-refractivity contribution in [2.24, 2.45) is 5.92 Å². The quantitative estimate of drug-likeness (QED) is 0.664. The highest BCUT2D eigenvalue weighted by Crippen LogP contribution is 2.24. The molecule has 0 bridgehead atoms. The second kappa shape index (κ2) is 7.67. The van der Waals surface area contributed by atoms with Crippen molar-refractivity contribution in [3.05, 3.63) is 50.5 Å². The first-order valence-electron chi connectivity index (χ1n) is 7.38. The molecule has 0 fully saturated rings. The lowest BCUT2D eigenvalue weighted by Gasteiger charge is -2.17. The average Bonchev–Trinajstić information content (AvgIpc) is 2.77. The standard InChI is InChI=1S/C16H19BrN2O5/c1-9(2)13(15(21)22)19-14(20)12(18-16(19)23)8-24-7-10-3-5-11(17)6-4-10/h3-6,9,13,20H,7-8H2,1-2H3,(H,18,23)(H,21,22). The molecule has 3 N–H and O–H groups in total. The van der Waals surface area contributed by atoms with Crippen LogP contribution in [0, 0.1) is 5.92 Å². The molecule has 1 heterocycles. The van der Waals surface area contributed by atoms with Crippen molar-refractivity contribution >= 4 is 21.9 Å². The molecule has 1 aromatic heterocycles. The van der Waals surface area contributed by atoms with Gasteiger partial charge in [0.25, 0.3) is 0 Å². The summed E-state index contributed by atoms with van der Waals surface area (Å²) in [6.07, 6.45) is 0. The molecule has 1 aromatic carbocycles. The third-order valence-electron chi connectivity index (χ3n) is 3.57. The number of ether oxygens (including phenoxy) is 1. The summed E-state index contributed by atoms with van der Waals surface area (Å²) in [4.78, 5) is 25.8. The molecule has 0 saturated carbocycles. The van der Waals surface area contributed by atoms with Gasteiger partial charge in [-0.25, -0.2) is 14.2 Å². The van der Waals surface area contributed by atoms with Crippen molar-refractivity contribution < 1.29 is 19.7 Å². The first kappa shape index (κ1) is 18.3.